The van der Waals surface area contributed by atoms with Crippen LogP contribution in [-0.4, -0.2) is 96.4 Å². The molecule has 5 rings (SSSR count). The van der Waals surface area contributed by atoms with Crippen LogP contribution >= 0.6 is 0 Å². The monoisotopic (exact) mass is 585 g/mol. The zero-order valence-corrected chi connectivity index (χ0v) is 25.4. The molecule has 1 aliphatic heterocycles. The average molecular weight is 586 g/mol. The third kappa shape index (κ3) is 5.38. The van der Waals surface area contributed by atoms with Gasteiger partial charge in [-0.2, -0.15) is 5.26 Å². The number of likely N-dealkylation sites (tertiary alicyclic amines) is 1. The number of hydrogen-bond donors (Lipinski definition) is 2. The highest BCUT2D eigenvalue weighted by Crippen LogP contribution is 2.48. The standard InChI is InChI=1S/C33H39N5O5/c1-19(35-18-29(39)38-25(17-34)14-24-15-28(24)38)16-33(32(42)43)26-10-8-22(30(40)36(2)3)12-20(26)6-7-21-13-23(9-11-27(21)33)31(41)37(4)5/h8-13,19,24-25,28,35H,6-7,14-16,18H2,1-5H3,(H,42,43)/t19-,24-,25?,28+/m1/s1. The van der Waals surface area contributed by atoms with Gasteiger partial charge in [0.2, 0.25) is 5.91 Å². The van der Waals surface area contributed by atoms with Crippen molar-refractivity contribution in [1.29, 1.82) is 5.26 Å². The van der Waals surface area contributed by atoms with E-state index >= 15 is 0 Å². The third-order valence-electron chi connectivity index (χ3n) is 9.22. The van der Waals surface area contributed by atoms with Crippen molar-refractivity contribution in [3.63, 3.8) is 0 Å². The van der Waals surface area contributed by atoms with Crippen LogP contribution in [0.4, 0.5) is 0 Å². The van der Waals surface area contributed by atoms with E-state index in [2.05, 4.69) is 11.4 Å². The van der Waals surface area contributed by atoms with Crippen LogP contribution in [0.3, 0.4) is 0 Å². The summed E-state index contributed by atoms with van der Waals surface area (Å²) >= 11 is 0. The van der Waals surface area contributed by atoms with E-state index in [4.69, 9.17) is 0 Å². The number of aliphatic carboxylic acids is 1. The molecule has 0 spiro atoms. The second kappa shape index (κ2) is 11.5. The van der Waals surface area contributed by atoms with Gasteiger partial charge in [0, 0.05) is 51.4 Å². The predicted octanol–water partition coefficient (Wildman–Crippen LogP) is 2.44. The fourth-order valence-electron chi connectivity index (χ4n) is 6.98. The van der Waals surface area contributed by atoms with E-state index in [-0.39, 0.29) is 36.7 Å². The number of amides is 3. The van der Waals surface area contributed by atoms with Crippen molar-refractivity contribution in [3.8, 4) is 6.07 Å². The summed E-state index contributed by atoms with van der Waals surface area (Å²) < 4.78 is 0. The van der Waals surface area contributed by atoms with Crippen molar-refractivity contribution >= 4 is 23.7 Å². The number of carboxylic acids is 1. The molecular formula is C33H39N5O5. The smallest absolute Gasteiger partial charge is 0.318 e. The number of carbonyl (C=O) groups is 4. The molecule has 226 valence electrons. The molecule has 1 unspecified atom stereocenters. The summed E-state index contributed by atoms with van der Waals surface area (Å²) in [6.07, 6.45) is 2.78. The van der Waals surface area contributed by atoms with Gasteiger partial charge >= 0.3 is 5.97 Å². The lowest BCUT2D eigenvalue weighted by molar-refractivity contribution is -0.142. The number of fused-ring (bicyclic) bond motifs is 3. The number of hydrogen-bond acceptors (Lipinski definition) is 6. The predicted molar refractivity (Wildman–Crippen MR) is 160 cm³/mol. The molecule has 2 aliphatic carbocycles. The van der Waals surface area contributed by atoms with Crippen LogP contribution in [0.15, 0.2) is 36.4 Å². The summed E-state index contributed by atoms with van der Waals surface area (Å²) in [5.74, 6) is -1.12. The topological polar surface area (TPSA) is 134 Å². The summed E-state index contributed by atoms with van der Waals surface area (Å²) in [4.78, 5) is 57.0. The Hall–Kier alpha value is -4.23. The maximum Gasteiger partial charge on any atom is 0.318 e. The Balaban J connectivity index is 1.52. The van der Waals surface area contributed by atoms with Crippen LogP contribution in [0, 0.1) is 17.2 Å². The van der Waals surface area contributed by atoms with Crippen LogP contribution in [0.5, 0.6) is 0 Å². The molecule has 2 aromatic rings. The molecule has 2 N–H and O–H groups in total. The average Bonchev–Trinajstić information content (AvgIpc) is 3.67. The van der Waals surface area contributed by atoms with Gasteiger partial charge in [-0.3, -0.25) is 19.2 Å². The zero-order valence-electron chi connectivity index (χ0n) is 25.4. The molecule has 43 heavy (non-hydrogen) atoms. The molecule has 1 saturated carbocycles. The van der Waals surface area contributed by atoms with Gasteiger partial charge in [0.05, 0.1) is 12.6 Å². The Morgan fingerprint density at radius 1 is 0.977 bits per heavy atom. The van der Waals surface area contributed by atoms with Gasteiger partial charge in [0.25, 0.3) is 11.8 Å². The fourth-order valence-corrected chi connectivity index (χ4v) is 6.98. The quantitative estimate of drug-likeness (QED) is 0.486. The van der Waals surface area contributed by atoms with Gasteiger partial charge < -0.3 is 25.1 Å². The molecule has 0 bridgehead atoms. The number of nitrogens with one attached hydrogen (secondary N) is 1. The maximum absolute atomic E-state index is 13.5. The summed E-state index contributed by atoms with van der Waals surface area (Å²) in [7, 11) is 6.70. The maximum atomic E-state index is 13.5. The lowest BCUT2D eigenvalue weighted by Crippen LogP contribution is -2.48. The minimum atomic E-state index is -1.50. The van der Waals surface area contributed by atoms with Crippen molar-refractivity contribution in [1.82, 2.24) is 20.0 Å². The molecule has 3 aliphatic rings. The van der Waals surface area contributed by atoms with Gasteiger partial charge in [-0.1, -0.05) is 12.1 Å². The Kier molecular flexibility index (Phi) is 8.05. The lowest BCUT2D eigenvalue weighted by atomic mass is 9.68. The molecule has 2 aromatic carbocycles. The normalized spacial score (nSPS) is 21.8. The first-order valence-electron chi connectivity index (χ1n) is 14.8. The number of carbonyl (C=O) groups excluding carboxylic acids is 3. The van der Waals surface area contributed by atoms with Gasteiger partial charge in [-0.05, 0) is 91.5 Å². The van der Waals surface area contributed by atoms with E-state index in [1.54, 1.807) is 69.5 Å². The van der Waals surface area contributed by atoms with Crippen molar-refractivity contribution in [3.05, 3.63) is 69.8 Å². The number of piperidine rings is 1. The van der Waals surface area contributed by atoms with E-state index in [1.165, 1.54) is 9.80 Å². The van der Waals surface area contributed by atoms with Crippen LogP contribution in [0.1, 0.15) is 69.2 Å². The third-order valence-corrected chi connectivity index (χ3v) is 9.22. The van der Waals surface area contributed by atoms with Crippen molar-refractivity contribution < 1.29 is 24.3 Å². The van der Waals surface area contributed by atoms with E-state index in [0.717, 1.165) is 24.0 Å². The first-order chi connectivity index (χ1) is 20.4. The summed E-state index contributed by atoms with van der Waals surface area (Å²) in [5.41, 5.74) is 2.19. The van der Waals surface area contributed by atoms with Crippen LogP contribution in [-0.2, 0) is 27.8 Å². The van der Waals surface area contributed by atoms with Gasteiger partial charge in [-0.15, -0.1) is 0 Å². The molecule has 4 atom stereocenters. The summed E-state index contributed by atoms with van der Waals surface area (Å²) in [6.45, 7) is 1.87. The minimum Gasteiger partial charge on any atom is -0.480 e. The summed E-state index contributed by atoms with van der Waals surface area (Å²) in [5, 5.41) is 23.8. The highest BCUT2D eigenvalue weighted by atomic mass is 16.4. The van der Waals surface area contributed by atoms with Crippen LogP contribution < -0.4 is 5.32 Å². The van der Waals surface area contributed by atoms with Crippen molar-refractivity contribution in [2.75, 3.05) is 34.7 Å². The number of nitrogens with zero attached hydrogens (tertiary/aromatic N) is 4. The lowest BCUT2D eigenvalue weighted by Gasteiger charge is -2.35. The van der Waals surface area contributed by atoms with Crippen molar-refractivity contribution in [2.24, 2.45) is 5.92 Å². The van der Waals surface area contributed by atoms with Crippen LogP contribution in [0.25, 0.3) is 0 Å². The van der Waals surface area contributed by atoms with E-state index in [9.17, 15) is 29.5 Å². The second-order valence-electron chi connectivity index (χ2n) is 12.6. The Morgan fingerprint density at radius 2 is 1.51 bits per heavy atom. The van der Waals surface area contributed by atoms with Crippen LogP contribution in [0.2, 0.25) is 0 Å². The molecule has 10 heteroatoms. The van der Waals surface area contributed by atoms with Gasteiger partial charge in [0.15, 0.2) is 0 Å². The SMILES string of the molecule is C[C@H](CC1(C(=O)O)c2ccc(C(=O)N(C)C)cc2CCc2cc(C(=O)N(C)C)ccc21)NCC(=O)N1C(C#N)C[C@@H]2C[C@@H]21. The van der Waals surface area contributed by atoms with E-state index < -0.39 is 23.5 Å². The first-order valence-corrected chi connectivity index (χ1v) is 14.8. The number of aryl methyl sites for hydroxylation is 2. The zero-order chi connectivity index (χ0) is 31.2. The molecule has 1 saturated heterocycles. The number of nitriles is 1. The summed E-state index contributed by atoms with van der Waals surface area (Å²) in [6, 6.07) is 12.0. The molecule has 0 radical (unpaired) electrons. The molecule has 3 amide bonds. The molecule has 1 heterocycles. The molecule has 10 nitrogen and oxygen atoms in total. The fraction of sp³-hybridized carbons (Fsp3) is 0.485. The Labute approximate surface area is 252 Å². The second-order valence-corrected chi connectivity index (χ2v) is 12.6. The highest BCUT2D eigenvalue weighted by Gasteiger charge is 2.54. The first kappa shape index (κ1) is 30.2. The van der Waals surface area contributed by atoms with Crippen molar-refractivity contribution in [2.45, 2.75) is 62.6 Å². The largest absolute Gasteiger partial charge is 0.480 e. The number of carboxylic acid groups (broad SMARTS) is 1. The Bertz CT molecular complexity index is 1450. The van der Waals surface area contributed by atoms with Gasteiger partial charge in [0.1, 0.15) is 11.5 Å². The number of benzene rings is 2. The molecule has 0 aromatic heterocycles. The van der Waals surface area contributed by atoms with E-state index in [1.807, 2.05) is 6.92 Å². The Morgan fingerprint density at radius 3 is 1.98 bits per heavy atom. The van der Waals surface area contributed by atoms with Gasteiger partial charge in [-0.25, -0.2) is 0 Å². The molecule has 2 fully saturated rings. The molecular weight excluding hydrogens is 546 g/mol. The highest BCUT2D eigenvalue weighted by molar-refractivity contribution is 5.96. The number of rotatable bonds is 8. The minimum absolute atomic E-state index is 0.00449. The van der Waals surface area contributed by atoms with E-state index in [0.29, 0.717) is 41.0 Å².